The minimum atomic E-state index is 0. The molecule has 3 rings (SSSR count). The van der Waals surface area contributed by atoms with E-state index in [2.05, 4.69) is 44.8 Å². The number of aliphatic imine (C=N–C) groups is 1. The van der Waals surface area contributed by atoms with Gasteiger partial charge in [-0.3, -0.25) is 4.99 Å². The van der Waals surface area contributed by atoms with E-state index in [-0.39, 0.29) is 24.0 Å². The van der Waals surface area contributed by atoms with E-state index < -0.39 is 0 Å². The highest BCUT2D eigenvalue weighted by molar-refractivity contribution is 14.0. The van der Waals surface area contributed by atoms with Crippen LogP contribution in [-0.4, -0.2) is 33.8 Å². The average molecular weight is 454 g/mol. The van der Waals surface area contributed by atoms with Gasteiger partial charge in [-0.2, -0.15) is 5.10 Å². The van der Waals surface area contributed by atoms with Crippen molar-refractivity contribution >= 4 is 29.9 Å². The van der Waals surface area contributed by atoms with Crippen molar-refractivity contribution in [3.63, 3.8) is 0 Å². The van der Waals surface area contributed by atoms with E-state index in [0.29, 0.717) is 6.04 Å². The van der Waals surface area contributed by atoms with Gasteiger partial charge in [-0.15, -0.1) is 24.0 Å². The molecule has 1 aliphatic rings. The minimum Gasteiger partial charge on any atom is -0.354 e. The SMILES string of the molecule is CN=C(NCc1ccc(-n2cncn2)cc1)NC1CCC(C)CC1.I. The number of rotatable bonds is 4. The predicted octanol–water partition coefficient (Wildman–Crippen LogP) is 3.13. The summed E-state index contributed by atoms with van der Waals surface area (Å²) in [6.07, 6.45) is 8.31. The summed E-state index contributed by atoms with van der Waals surface area (Å²) < 4.78 is 1.75. The third kappa shape index (κ3) is 5.69. The number of benzene rings is 1. The van der Waals surface area contributed by atoms with Gasteiger partial charge in [0.2, 0.25) is 0 Å². The fourth-order valence-corrected chi connectivity index (χ4v) is 3.09. The van der Waals surface area contributed by atoms with Crippen LogP contribution in [0.1, 0.15) is 38.2 Å². The Morgan fingerprint density at radius 3 is 2.52 bits per heavy atom. The van der Waals surface area contributed by atoms with E-state index in [4.69, 9.17) is 0 Å². The number of guanidine groups is 1. The zero-order valence-corrected chi connectivity index (χ0v) is 17.2. The van der Waals surface area contributed by atoms with Gasteiger partial charge in [0.25, 0.3) is 0 Å². The molecule has 2 N–H and O–H groups in total. The van der Waals surface area contributed by atoms with Crippen LogP contribution in [0.3, 0.4) is 0 Å². The molecule has 7 heteroatoms. The summed E-state index contributed by atoms with van der Waals surface area (Å²) in [5, 5.41) is 11.1. The second kappa shape index (κ2) is 9.74. The number of nitrogens with one attached hydrogen (secondary N) is 2. The third-order valence-corrected chi connectivity index (χ3v) is 4.66. The highest BCUT2D eigenvalue weighted by Gasteiger charge is 2.18. The zero-order chi connectivity index (χ0) is 16.8. The highest BCUT2D eigenvalue weighted by Crippen LogP contribution is 2.23. The third-order valence-electron chi connectivity index (χ3n) is 4.66. The molecule has 0 amide bonds. The molecule has 6 nitrogen and oxygen atoms in total. The molecule has 0 spiro atoms. The van der Waals surface area contributed by atoms with Crippen molar-refractivity contribution in [2.24, 2.45) is 10.9 Å². The summed E-state index contributed by atoms with van der Waals surface area (Å²) in [6, 6.07) is 8.83. The molecule has 2 aromatic rings. The number of hydrogen-bond acceptors (Lipinski definition) is 3. The van der Waals surface area contributed by atoms with E-state index in [1.807, 2.05) is 19.2 Å². The zero-order valence-electron chi connectivity index (χ0n) is 14.9. The Morgan fingerprint density at radius 1 is 1.20 bits per heavy atom. The molecule has 1 aromatic carbocycles. The first-order valence-corrected chi connectivity index (χ1v) is 8.65. The first-order chi connectivity index (χ1) is 11.7. The molecule has 0 bridgehead atoms. The lowest BCUT2D eigenvalue weighted by atomic mass is 9.87. The Kier molecular flexibility index (Phi) is 7.67. The second-order valence-corrected chi connectivity index (χ2v) is 6.53. The molecule has 1 aliphatic carbocycles. The van der Waals surface area contributed by atoms with Gasteiger partial charge in [0.05, 0.1) is 5.69 Å². The van der Waals surface area contributed by atoms with Crippen molar-refractivity contribution in [2.75, 3.05) is 7.05 Å². The summed E-state index contributed by atoms with van der Waals surface area (Å²) in [7, 11) is 1.83. The lowest BCUT2D eigenvalue weighted by molar-refractivity contribution is 0.329. The fourth-order valence-electron chi connectivity index (χ4n) is 3.09. The first-order valence-electron chi connectivity index (χ1n) is 8.65. The Labute approximate surface area is 166 Å². The molecule has 1 aromatic heterocycles. The van der Waals surface area contributed by atoms with Crippen molar-refractivity contribution in [2.45, 2.75) is 45.2 Å². The largest absolute Gasteiger partial charge is 0.354 e. The van der Waals surface area contributed by atoms with E-state index in [1.54, 1.807) is 11.0 Å². The van der Waals surface area contributed by atoms with Gasteiger partial charge in [-0.05, 0) is 49.3 Å². The van der Waals surface area contributed by atoms with Gasteiger partial charge < -0.3 is 10.6 Å². The van der Waals surface area contributed by atoms with Gasteiger partial charge in [-0.25, -0.2) is 9.67 Å². The topological polar surface area (TPSA) is 67.1 Å². The summed E-state index contributed by atoms with van der Waals surface area (Å²) in [4.78, 5) is 8.31. The fraction of sp³-hybridized carbons (Fsp3) is 0.500. The van der Waals surface area contributed by atoms with Crippen LogP contribution in [0.25, 0.3) is 5.69 Å². The smallest absolute Gasteiger partial charge is 0.191 e. The summed E-state index contributed by atoms with van der Waals surface area (Å²) in [6.45, 7) is 3.09. The molecule has 0 saturated heterocycles. The van der Waals surface area contributed by atoms with Gasteiger partial charge >= 0.3 is 0 Å². The Hall–Kier alpha value is -1.64. The molecule has 0 aliphatic heterocycles. The summed E-state index contributed by atoms with van der Waals surface area (Å²) in [5.74, 6) is 1.75. The maximum atomic E-state index is 4.35. The van der Waals surface area contributed by atoms with E-state index >= 15 is 0 Å². The molecule has 0 radical (unpaired) electrons. The van der Waals surface area contributed by atoms with Crippen LogP contribution >= 0.6 is 24.0 Å². The normalized spacial score (nSPS) is 20.6. The van der Waals surface area contributed by atoms with Crippen LogP contribution in [0, 0.1) is 5.92 Å². The van der Waals surface area contributed by atoms with Gasteiger partial charge in [0.15, 0.2) is 5.96 Å². The molecule has 1 saturated carbocycles. The van der Waals surface area contributed by atoms with Crippen molar-refractivity contribution in [1.29, 1.82) is 0 Å². The molecule has 25 heavy (non-hydrogen) atoms. The van der Waals surface area contributed by atoms with Crippen LogP contribution in [0.4, 0.5) is 0 Å². The van der Waals surface area contributed by atoms with Crippen LogP contribution < -0.4 is 10.6 Å². The number of aromatic nitrogens is 3. The maximum Gasteiger partial charge on any atom is 0.191 e. The van der Waals surface area contributed by atoms with Crippen molar-refractivity contribution in [1.82, 2.24) is 25.4 Å². The van der Waals surface area contributed by atoms with Crippen molar-refractivity contribution in [3.05, 3.63) is 42.5 Å². The molecule has 0 atom stereocenters. The lowest BCUT2D eigenvalue weighted by Crippen LogP contribution is -2.44. The number of nitrogens with zero attached hydrogens (tertiary/aromatic N) is 4. The Morgan fingerprint density at radius 2 is 1.92 bits per heavy atom. The Bertz CT molecular complexity index is 645. The van der Waals surface area contributed by atoms with Gasteiger partial charge in [-0.1, -0.05) is 19.1 Å². The van der Waals surface area contributed by atoms with E-state index in [1.165, 1.54) is 37.6 Å². The monoisotopic (exact) mass is 454 g/mol. The van der Waals surface area contributed by atoms with Crippen LogP contribution in [-0.2, 0) is 6.54 Å². The lowest BCUT2D eigenvalue weighted by Gasteiger charge is -2.28. The molecular weight excluding hydrogens is 427 g/mol. The van der Waals surface area contributed by atoms with Crippen molar-refractivity contribution < 1.29 is 0 Å². The van der Waals surface area contributed by atoms with Crippen LogP contribution in [0.15, 0.2) is 41.9 Å². The van der Waals surface area contributed by atoms with E-state index in [9.17, 15) is 0 Å². The standard InChI is InChI=1S/C18H26N6.HI/c1-14-3-7-16(8-4-14)23-18(19-2)21-11-15-5-9-17(10-6-15)24-13-20-12-22-24;/h5-6,9-10,12-14,16H,3-4,7-8,11H2,1-2H3,(H2,19,21,23);1H. The summed E-state index contributed by atoms with van der Waals surface area (Å²) >= 11 is 0. The van der Waals surface area contributed by atoms with Crippen LogP contribution in [0.2, 0.25) is 0 Å². The molecule has 136 valence electrons. The second-order valence-electron chi connectivity index (χ2n) is 6.53. The van der Waals surface area contributed by atoms with Crippen LogP contribution in [0.5, 0.6) is 0 Å². The number of halogens is 1. The van der Waals surface area contributed by atoms with Gasteiger partial charge in [0.1, 0.15) is 12.7 Å². The maximum absolute atomic E-state index is 4.35. The average Bonchev–Trinajstić information content (AvgIpc) is 3.15. The van der Waals surface area contributed by atoms with Gasteiger partial charge in [0, 0.05) is 19.6 Å². The molecule has 1 heterocycles. The first kappa shape index (κ1) is 19.7. The van der Waals surface area contributed by atoms with Crippen molar-refractivity contribution in [3.8, 4) is 5.69 Å². The highest BCUT2D eigenvalue weighted by atomic mass is 127. The molecule has 1 fully saturated rings. The summed E-state index contributed by atoms with van der Waals surface area (Å²) in [5.41, 5.74) is 2.22. The minimum absolute atomic E-state index is 0. The number of hydrogen-bond donors (Lipinski definition) is 2. The quantitative estimate of drug-likeness (QED) is 0.423. The van der Waals surface area contributed by atoms with E-state index in [0.717, 1.165) is 24.1 Å². The molecule has 0 unspecified atom stereocenters. The Balaban J connectivity index is 0.00000225. The predicted molar refractivity (Wildman–Crippen MR) is 112 cm³/mol. The molecular formula is C18H27IN6.